The Hall–Kier alpha value is -4.14. The van der Waals surface area contributed by atoms with E-state index in [0.29, 0.717) is 12.2 Å². The predicted octanol–water partition coefficient (Wildman–Crippen LogP) is 2.83. The van der Waals surface area contributed by atoms with E-state index in [4.69, 9.17) is 13.6 Å². The van der Waals surface area contributed by atoms with E-state index in [1.165, 1.54) is 23.6 Å². The molecule has 9 heteroatoms. The highest BCUT2D eigenvalue weighted by atomic mass is 16.5. The molecule has 164 valence electrons. The molecular weight excluding hydrogens is 414 g/mol. The number of aryl methyl sites for hydroxylation is 1. The van der Waals surface area contributed by atoms with Crippen molar-refractivity contribution in [3.8, 4) is 0 Å². The van der Waals surface area contributed by atoms with Crippen molar-refractivity contribution in [2.75, 3.05) is 13.2 Å². The molecule has 3 aromatic rings. The molecule has 3 heterocycles. The van der Waals surface area contributed by atoms with E-state index >= 15 is 0 Å². The number of carbonyl (C=O) groups is 3. The van der Waals surface area contributed by atoms with E-state index in [1.54, 1.807) is 18.2 Å². The summed E-state index contributed by atoms with van der Waals surface area (Å²) >= 11 is 0. The second kappa shape index (κ2) is 9.34. The van der Waals surface area contributed by atoms with Crippen LogP contribution in [-0.2, 0) is 14.3 Å². The number of amides is 2. The van der Waals surface area contributed by atoms with Crippen LogP contribution in [0, 0.1) is 6.92 Å². The van der Waals surface area contributed by atoms with Crippen LogP contribution in [-0.4, -0.2) is 41.7 Å². The van der Waals surface area contributed by atoms with Gasteiger partial charge in [0.15, 0.2) is 12.4 Å². The highest BCUT2D eigenvalue weighted by Gasteiger charge is 2.35. The lowest BCUT2D eigenvalue weighted by atomic mass is 10.0. The molecule has 32 heavy (non-hydrogen) atoms. The van der Waals surface area contributed by atoms with Gasteiger partial charge in [0.1, 0.15) is 18.3 Å². The standard InChI is InChI=1S/C23H21N3O6/c1-15-6-8-16(9-7-15)17-12-18(19-4-2-10-30-19)26(25-17)21(27)14-32-22(28)13-24-23(29)20-5-3-11-31-20/h2-11,18H,12-14H2,1H3,(H,24,29)/t18-/m0/s1. The zero-order chi connectivity index (χ0) is 22.5. The van der Waals surface area contributed by atoms with Crippen molar-refractivity contribution in [2.24, 2.45) is 5.10 Å². The number of furan rings is 2. The van der Waals surface area contributed by atoms with Gasteiger partial charge in [-0.2, -0.15) is 5.10 Å². The number of carbonyl (C=O) groups excluding carboxylic acids is 3. The maximum atomic E-state index is 12.8. The molecule has 1 atom stereocenters. The normalized spacial score (nSPS) is 15.3. The van der Waals surface area contributed by atoms with Crippen LogP contribution in [0.4, 0.5) is 0 Å². The number of benzene rings is 1. The van der Waals surface area contributed by atoms with Gasteiger partial charge < -0.3 is 18.9 Å². The summed E-state index contributed by atoms with van der Waals surface area (Å²) in [5, 5.41) is 8.13. The summed E-state index contributed by atoms with van der Waals surface area (Å²) in [6.07, 6.45) is 3.35. The molecule has 9 nitrogen and oxygen atoms in total. The quantitative estimate of drug-likeness (QED) is 0.571. The Labute approximate surface area is 183 Å². The Morgan fingerprint density at radius 3 is 2.53 bits per heavy atom. The van der Waals surface area contributed by atoms with Gasteiger partial charge in [-0.25, -0.2) is 5.01 Å². The van der Waals surface area contributed by atoms with Crippen molar-refractivity contribution in [3.63, 3.8) is 0 Å². The van der Waals surface area contributed by atoms with Crippen molar-refractivity contribution in [2.45, 2.75) is 19.4 Å². The summed E-state index contributed by atoms with van der Waals surface area (Å²) in [7, 11) is 0. The van der Waals surface area contributed by atoms with E-state index in [2.05, 4.69) is 10.4 Å². The Morgan fingerprint density at radius 2 is 1.84 bits per heavy atom. The summed E-state index contributed by atoms with van der Waals surface area (Å²) in [5.41, 5.74) is 2.76. The maximum absolute atomic E-state index is 12.8. The summed E-state index contributed by atoms with van der Waals surface area (Å²) in [6, 6.07) is 13.9. The van der Waals surface area contributed by atoms with Crippen molar-refractivity contribution < 1.29 is 28.0 Å². The number of hydrogen-bond donors (Lipinski definition) is 1. The minimum Gasteiger partial charge on any atom is -0.467 e. The molecule has 0 radical (unpaired) electrons. The summed E-state index contributed by atoms with van der Waals surface area (Å²) in [4.78, 5) is 36.6. The first-order valence-electron chi connectivity index (χ1n) is 9.98. The molecule has 0 bridgehead atoms. The zero-order valence-corrected chi connectivity index (χ0v) is 17.3. The van der Waals surface area contributed by atoms with Crippen molar-refractivity contribution >= 4 is 23.5 Å². The SMILES string of the molecule is Cc1ccc(C2=NN(C(=O)COC(=O)CNC(=O)c3ccco3)[C@H](c3ccco3)C2)cc1. The van der Waals surface area contributed by atoms with E-state index in [-0.39, 0.29) is 5.76 Å². The first-order valence-corrected chi connectivity index (χ1v) is 9.98. The van der Waals surface area contributed by atoms with E-state index in [0.717, 1.165) is 16.8 Å². The van der Waals surface area contributed by atoms with Crippen molar-refractivity contribution in [3.05, 3.63) is 83.7 Å². The van der Waals surface area contributed by atoms with Crippen LogP contribution in [0.15, 0.2) is 75.0 Å². The fourth-order valence-electron chi connectivity index (χ4n) is 3.27. The van der Waals surface area contributed by atoms with Crippen LogP contribution in [0.3, 0.4) is 0 Å². The maximum Gasteiger partial charge on any atom is 0.325 e. The topological polar surface area (TPSA) is 114 Å². The monoisotopic (exact) mass is 435 g/mol. The third-order valence-electron chi connectivity index (χ3n) is 4.92. The lowest BCUT2D eigenvalue weighted by Gasteiger charge is -2.19. The predicted molar refractivity (Wildman–Crippen MR) is 113 cm³/mol. The molecule has 1 N–H and O–H groups in total. The van der Waals surface area contributed by atoms with Crippen LogP contribution >= 0.6 is 0 Å². The Kier molecular flexibility index (Phi) is 6.16. The van der Waals surface area contributed by atoms with Crippen molar-refractivity contribution in [1.29, 1.82) is 0 Å². The third-order valence-corrected chi connectivity index (χ3v) is 4.92. The molecule has 0 spiro atoms. The van der Waals surface area contributed by atoms with Gasteiger partial charge in [0.05, 0.1) is 18.2 Å². The van der Waals surface area contributed by atoms with Crippen LogP contribution in [0.2, 0.25) is 0 Å². The average Bonchev–Trinajstić information content (AvgIpc) is 3.56. The van der Waals surface area contributed by atoms with E-state index < -0.39 is 37.0 Å². The molecule has 0 fully saturated rings. The Balaban J connectivity index is 1.38. The van der Waals surface area contributed by atoms with Gasteiger partial charge in [-0.1, -0.05) is 29.8 Å². The molecule has 2 aromatic heterocycles. The first-order chi connectivity index (χ1) is 15.5. The highest BCUT2D eigenvalue weighted by molar-refractivity contribution is 6.03. The largest absolute Gasteiger partial charge is 0.467 e. The number of ether oxygens (including phenoxy) is 1. The number of nitrogens with one attached hydrogen (secondary N) is 1. The Bertz CT molecular complexity index is 1120. The minimum absolute atomic E-state index is 0.0743. The summed E-state index contributed by atoms with van der Waals surface area (Å²) in [5.74, 6) is -1.15. The smallest absolute Gasteiger partial charge is 0.325 e. The number of hydrogen-bond acceptors (Lipinski definition) is 7. The van der Waals surface area contributed by atoms with Gasteiger partial charge in [-0.15, -0.1) is 0 Å². The first kappa shape index (κ1) is 21.1. The van der Waals surface area contributed by atoms with Crippen LogP contribution in [0.5, 0.6) is 0 Å². The molecule has 1 aliphatic heterocycles. The molecule has 0 saturated heterocycles. The third kappa shape index (κ3) is 4.77. The highest BCUT2D eigenvalue weighted by Crippen LogP contribution is 2.33. The van der Waals surface area contributed by atoms with E-state index in [1.807, 2.05) is 31.2 Å². The molecule has 4 rings (SSSR count). The zero-order valence-electron chi connectivity index (χ0n) is 17.3. The lowest BCUT2D eigenvalue weighted by Crippen LogP contribution is -2.34. The van der Waals surface area contributed by atoms with Gasteiger partial charge in [0, 0.05) is 6.42 Å². The fraction of sp³-hybridized carbons (Fsp3) is 0.217. The van der Waals surface area contributed by atoms with E-state index in [9.17, 15) is 14.4 Å². The number of esters is 1. The molecule has 1 aliphatic rings. The minimum atomic E-state index is -0.755. The number of hydrazone groups is 1. The van der Waals surface area contributed by atoms with Gasteiger partial charge in [0.25, 0.3) is 11.8 Å². The molecule has 2 amide bonds. The number of rotatable bonds is 7. The Morgan fingerprint density at radius 1 is 1.09 bits per heavy atom. The lowest BCUT2D eigenvalue weighted by molar-refractivity contribution is -0.152. The van der Waals surface area contributed by atoms with Gasteiger partial charge in [-0.3, -0.25) is 14.4 Å². The second-order valence-corrected chi connectivity index (χ2v) is 7.21. The van der Waals surface area contributed by atoms with Gasteiger partial charge in [-0.05, 0) is 36.8 Å². The molecular formula is C23H21N3O6. The van der Waals surface area contributed by atoms with Crippen molar-refractivity contribution in [1.82, 2.24) is 10.3 Å². The molecule has 1 aromatic carbocycles. The summed E-state index contributed by atoms with van der Waals surface area (Å²) in [6.45, 7) is 1.08. The van der Waals surface area contributed by atoms with Gasteiger partial charge in [0.2, 0.25) is 0 Å². The fourth-order valence-corrected chi connectivity index (χ4v) is 3.27. The summed E-state index contributed by atoms with van der Waals surface area (Å²) < 4.78 is 15.5. The van der Waals surface area contributed by atoms with Gasteiger partial charge >= 0.3 is 5.97 Å². The number of nitrogens with zero attached hydrogens (tertiary/aromatic N) is 2. The van der Waals surface area contributed by atoms with Crippen LogP contribution in [0.1, 0.15) is 39.9 Å². The van der Waals surface area contributed by atoms with Crippen LogP contribution < -0.4 is 5.32 Å². The average molecular weight is 435 g/mol. The molecule has 0 saturated carbocycles. The second-order valence-electron chi connectivity index (χ2n) is 7.21. The molecule has 0 unspecified atom stereocenters. The molecule has 0 aliphatic carbocycles. The van der Waals surface area contributed by atoms with Crippen LogP contribution in [0.25, 0.3) is 0 Å².